The normalized spacial score (nSPS) is 11.8. The van der Waals surface area contributed by atoms with E-state index >= 15 is 0 Å². The lowest BCUT2D eigenvalue weighted by atomic mass is 9.99. The Morgan fingerprint density at radius 1 is 1.15 bits per heavy atom. The molecular weight excluding hydrogens is 441 g/mol. The molecule has 4 rings (SSSR count). The van der Waals surface area contributed by atoms with Crippen LogP contribution in [0.25, 0.3) is 0 Å². The van der Waals surface area contributed by atoms with E-state index in [-0.39, 0.29) is 11.7 Å². The second-order valence-electron chi connectivity index (χ2n) is 7.59. The molecule has 0 amide bonds. The number of esters is 1. The zero-order valence-electron chi connectivity index (χ0n) is 18.4. The summed E-state index contributed by atoms with van der Waals surface area (Å²) in [5.41, 5.74) is 3.22. The lowest BCUT2D eigenvalue weighted by Gasteiger charge is -2.16. The van der Waals surface area contributed by atoms with E-state index < -0.39 is 5.97 Å². The fraction of sp³-hybridized carbons (Fsp3) is 0.240. The summed E-state index contributed by atoms with van der Waals surface area (Å²) in [5.74, 6) is 0.599. The number of aromatic amines is 1. The fourth-order valence-electron chi connectivity index (χ4n) is 3.59. The number of H-pyrrole nitrogens is 1. The third kappa shape index (κ3) is 5.64. The van der Waals surface area contributed by atoms with Crippen molar-refractivity contribution in [1.29, 1.82) is 0 Å². The number of benzene rings is 2. The third-order valence-corrected chi connectivity index (χ3v) is 6.24. The number of ether oxygens (including phenoxy) is 2. The molecule has 33 heavy (non-hydrogen) atoms. The monoisotopic (exact) mass is 465 g/mol. The van der Waals surface area contributed by atoms with Crippen LogP contribution in [0.4, 0.5) is 4.39 Å². The molecule has 6 nitrogen and oxygen atoms in total. The summed E-state index contributed by atoms with van der Waals surface area (Å²) in [6.07, 6.45) is 4.85. The Kier molecular flexibility index (Phi) is 7.14. The second-order valence-corrected chi connectivity index (χ2v) is 8.52. The molecule has 8 heteroatoms. The van der Waals surface area contributed by atoms with Crippen molar-refractivity contribution in [2.75, 3.05) is 13.7 Å². The Hall–Kier alpha value is -3.52. The maximum absolute atomic E-state index is 13.2. The van der Waals surface area contributed by atoms with Gasteiger partial charge in [0.05, 0.1) is 18.6 Å². The van der Waals surface area contributed by atoms with Crippen LogP contribution in [0.3, 0.4) is 0 Å². The van der Waals surface area contributed by atoms with Gasteiger partial charge < -0.3 is 14.5 Å². The van der Waals surface area contributed by atoms with Crippen LogP contribution in [0, 0.1) is 12.7 Å². The highest BCUT2D eigenvalue weighted by Crippen LogP contribution is 2.28. The standard InChI is InChI=1S/C25H24FN3O3S/c1-16-28-14-23(29-16)22(24-27-11-12-33-24)15-32-20-10-7-18(21(13-20)25(30)31-2)6-3-17-4-8-19(26)9-5-17/h4-5,7-14,22H,3,6,15H2,1-2H3,(H,28,29). The molecule has 0 saturated heterocycles. The first-order chi connectivity index (χ1) is 16.0. The molecule has 1 atom stereocenters. The van der Waals surface area contributed by atoms with E-state index in [4.69, 9.17) is 9.47 Å². The fourth-order valence-corrected chi connectivity index (χ4v) is 4.33. The molecule has 170 valence electrons. The molecule has 0 aliphatic heterocycles. The highest BCUT2D eigenvalue weighted by molar-refractivity contribution is 7.09. The molecule has 2 heterocycles. The second kappa shape index (κ2) is 10.4. The van der Waals surface area contributed by atoms with Gasteiger partial charge in [0.25, 0.3) is 0 Å². The van der Waals surface area contributed by atoms with Gasteiger partial charge in [-0.2, -0.15) is 0 Å². The van der Waals surface area contributed by atoms with Crippen LogP contribution in [0.1, 0.15) is 43.9 Å². The number of thiazole rings is 1. The first-order valence-electron chi connectivity index (χ1n) is 10.5. The van der Waals surface area contributed by atoms with E-state index in [1.165, 1.54) is 19.2 Å². The maximum Gasteiger partial charge on any atom is 0.338 e. The predicted octanol–water partition coefficient (Wildman–Crippen LogP) is 5.10. The molecular formula is C25H24FN3O3S. The van der Waals surface area contributed by atoms with Gasteiger partial charge in [0.15, 0.2) is 0 Å². The highest BCUT2D eigenvalue weighted by atomic mass is 32.1. The number of methoxy groups -OCH3 is 1. The first kappa shape index (κ1) is 22.7. The SMILES string of the molecule is COC(=O)c1cc(OCC(c2cnc(C)[nH]2)c2nccs2)ccc1CCc1ccc(F)cc1. The molecule has 0 aliphatic rings. The Balaban J connectivity index is 1.51. The van der Waals surface area contributed by atoms with Crippen LogP contribution in [-0.2, 0) is 17.6 Å². The van der Waals surface area contributed by atoms with E-state index in [2.05, 4.69) is 15.0 Å². The van der Waals surface area contributed by atoms with E-state index in [1.54, 1.807) is 41.9 Å². The van der Waals surface area contributed by atoms with Crippen LogP contribution in [-0.4, -0.2) is 34.6 Å². The largest absolute Gasteiger partial charge is 0.492 e. The highest BCUT2D eigenvalue weighted by Gasteiger charge is 2.21. The molecule has 0 aliphatic carbocycles. The molecule has 1 unspecified atom stereocenters. The predicted molar refractivity (Wildman–Crippen MR) is 124 cm³/mol. The van der Waals surface area contributed by atoms with Crippen molar-refractivity contribution in [3.8, 4) is 5.75 Å². The van der Waals surface area contributed by atoms with Crippen molar-refractivity contribution in [2.45, 2.75) is 25.7 Å². The Bertz CT molecular complexity index is 1210. The van der Waals surface area contributed by atoms with Crippen LogP contribution in [0.5, 0.6) is 5.75 Å². The summed E-state index contributed by atoms with van der Waals surface area (Å²) in [4.78, 5) is 24.4. The topological polar surface area (TPSA) is 77.1 Å². The number of nitrogens with zero attached hydrogens (tertiary/aromatic N) is 2. The van der Waals surface area contributed by atoms with Gasteiger partial charge in [-0.1, -0.05) is 18.2 Å². The van der Waals surface area contributed by atoms with Crippen molar-refractivity contribution < 1.29 is 18.7 Å². The van der Waals surface area contributed by atoms with Gasteiger partial charge >= 0.3 is 5.97 Å². The first-order valence-corrected chi connectivity index (χ1v) is 11.4. The van der Waals surface area contributed by atoms with Crippen LogP contribution < -0.4 is 4.74 Å². The Morgan fingerprint density at radius 3 is 2.64 bits per heavy atom. The number of imidazole rings is 1. The molecule has 0 fully saturated rings. The number of rotatable bonds is 9. The van der Waals surface area contributed by atoms with Gasteiger partial charge in [0.1, 0.15) is 29.0 Å². The number of carbonyl (C=O) groups excluding carboxylic acids is 1. The van der Waals surface area contributed by atoms with Crippen molar-refractivity contribution in [3.63, 3.8) is 0 Å². The molecule has 0 spiro atoms. The molecule has 4 aromatic rings. The smallest absolute Gasteiger partial charge is 0.338 e. The lowest BCUT2D eigenvalue weighted by molar-refractivity contribution is 0.0599. The van der Waals surface area contributed by atoms with Gasteiger partial charge in [0.2, 0.25) is 0 Å². The number of aryl methyl sites for hydroxylation is 3. The zero-order valence-corrected chi connectivity index (χ0v) is 19.2. The molecule has 0 saturated carbocycles. The zero-order chi connectivity index (χ0) is 23.2. The van der Waals surface area contributed by atoms with E-state index in [0.29, 0.717) is 30.8 Å². The van der Waals surface area contributed by atoms with Crippen molar-refractivity contribution in [2.24, 2.45) is 0 Å². The lowest BCUT2D eigenvalue weighted by Crippen LogP contribution is -2.13. The van der Waals surface area contributed by atoms with E-state index in [1.807, 2.05) is 24.4 Å². The van der Waals surface area contributed by atoms with Gasteiger partial charge in [-0.15, -0.1) is 11.3 Å². The average Bonchev–Trinajstić information content (AvgIpc) is 3.51. The number of carbonyl (C=O) groups is 1. The van der Waals surface area contributed by atoms with Gasteiger partial charge in [-0.25, -0.2) is 19.2 Å². The molecule has 1 N–H and O–H groups in total. The summed E-state index contributed by atoms with van der Waals surface area (Å²) >= 11 is 1.55. The van der Waals surface area contributed by atoms with Gasteiger partial charge in [-0.3, -0.25) is 0 Å². The van der Waals surface area contributed by atoms with Crippen molar-refractivity contribution in [1.82, 2.24) is 15.0 Å². The molecule has 2 aromatic heterocycles. The van der Waals surface area contributed by atoms with Crippen LogP contribution >= 0.6 is 11.3 Å². The summed E-state index contributed by atoms with van der Waals surface area (Å²) in [6.45, 7) is 2.24. The van der Waals surface area contributed by atoms with Gasteiger partial charge in [-0.05, 0) is 55.2 Å². The minimum absolute atomic E-state index is 0.106. The minimum atomic E-state index is -0.421. The van der Waals surface area contributed by atoms with E-state index in [9.17, 15) is 9.18 Å². The number of hydrogen-bond acceptors (Lipinski definition) is 6. The summed E-state index contributed by atoms with van der Waals surface area (Å²) in [7, 11) is 1.36. The average molecular weight is 466 g/mol. The van der Waals surface area contributed by atoms with Crippen molar-refractivity contribution in [3.05, 3.63) is 99.3 Å². The van der Waals surface area contributed by atoms with Gasteiger partial charge in [0, 0.05) is 23.5 Å². The summed E-state index contributed by atoms with van der Waals surface area (Å²) in [5, 5.41) is 2.85. The number of nitrogens with one attached hydrogen (secondary N) is 1. The van der Waals surface area contributed by atoms with Crippen LogP contribution in [0.2, 0.25) is 0 Å². The van der Waals surface area contributed by atoms with Crippen LogP contribution in [0.15, 0.2) is 60.2 Å². The third-order valence-electron chi connectivity index (χ3n) is 5.35. The Labute approximate surface area is 195 Å². The molecule has 2 aromatic carbocycles. The Morgan fingerprint density at radius 2 is 1.97 bits per heavy atom. The summed E-state index contributed by atoms with van der Waals surface area (Å²) in [6, 6.07) is 11.8. The summed E-state index contributed by atoms with van der Waals surface area (Å²) < 4.78 is 24.2. The number of aromatic nitrogens is 3. The quantitative estimate of drug-likeness (QED) is 0.348. The number of hydrogen-bond donors (Lipinski definition) is 1. The maximum atomic E-state index is 13.2. The molecule has 0 bridgehead atoms. The minimum Gasteiger partial charge on any atom is -0.492 e. The number of halogens is 1. The van der Waals surface area contributed by atoms with Crippen molar-refractivity contribution >= 4 is 17.3 Å². The van der Waals surface area contributed by atoms with E-state index in [0.717, 1.165) is 27.7 Å². The molecule has 0 radical (unpaired) electrons.